The first kappa shape index (κ1) is 20.0. The highest BCUT2D eigenvalue weighted by molar-refractivity contribution is 5.91. The van der Waals surface area contributed by atoms with Crippen LogP contribution in [0.5, 0.6) is 11.5 Å². The Morgan fingerprint density at radius 3 is 2.55 bits per heavy atom. The molecule has 2 N–H and O–H groups in total. The predicted octanol–water partition coefficient (Wildman–Crippen LogP) is 5.89. The van der Waals surface area contributed by atoms with Gasteiger partial charge in [-0.25, -0.2) is 9.50 Å². The van der Waals surface area contributed by atoms with E-state index >= 15 is 0 Å². The minimum Gasteiger partial charge on any atom is -0.457 e. The molecule has 0 saturated carbocycles. The Morgan fingerprint density at radius 1 is 1.00 bits per heavy atom. The number of hydrogen-bond donors (Lipinski definition) is 1. The molecule has 2 aliphatic rings. The molecule has 0 bridgehead atoms. The summed E-state index contributed by atoms with van der Waals surface area (Å²) in [4.78, 5) is 4.26. The number of benzene rings is 2. The molecule has 33 heavy (non-hydrogen) atoms. The molecular weight excluding hydrogens is 412 g/mol. The van der Waals surface area contributed by atoms with Crippen LogP contribution in [0.25, 0.3) is 22.2 Å². The normalized spacial score (nSPS) is 20.3. The monoisotopic (exact) mass is 438 g/mol. The summed E-state index contributed by atoms with van der Waals surface area (Å²) in [5, 5.41) is 4.55. The van der Waals surface area contributed by atoms with Crippen LogP contribution < -0.4 is 10.5 Å². The summed E-state index contributed by atoms with van der Waals surface area (Å²) in [7, 11) is 0. The average Bonchev–Trinajstić information content (AvgIpc) is 3.47. The van der Waals surface area contributed by atoms with Gasteiger partial charge in [0.2, 0.25) is 0 Å². The molecule has 1 fully saturated rings. The average molecular weight is 439 g/mol. The van der Waals surface area contributed by atoms with Gasteiger partial charge in [0.15, 0.2) is 5.82 Å². The van der Waals surface area contributed by atoms with E-state index in [-0.39, 0.29) is 5.60 Å². The molecule has 6 nitrogen and oxygen atoms in total. The lowest BCUT2D eigenvalue weighted by Gasteiger charge is -2.31. The molecule has 6 heteroatoms. The molecule has 2 aromatic carbocycles. The quantitative estimate of drug-likeness (QED) is 0.430. The van der Waals surface area contributed by atoms with Gasteiger partial charge in [-0.05, 0) is 73.6 Å². The minimum atomic E-state index is 0.0436. The first-order chi connectivity index (χ1) is 16.2. The fourth-order valence-electron chi connectivity index (χ4n) is 5.07. The summed E-state index contributed by atoms with van der Waals surface area (Å²) in [5.41, 5.74) is 11.6. The van der Waals surface area contributed by atoms with Gasteiger partial charge in [-0.15, -0.1) is 0 Å². The number of nitrogens with zero attached hydrogens (tertiary/aromatic N) is 3. The van der Waals surface area contributed by atoms with Gasteiger partial charge in [-0.3, -0.25) is 0 Å². The molecule has 0 amide bonds. The zero-order valence-electron chi connectivity index (χ0n) is 18.4. The predicted molar refractivity (Wildman–Crippen MR) is 129 cm³/mol. The van der Waals surface area contributed by atoms with Crippen molar-refractivity contribution in [2.75, 3.05) is 12.3 Å². The molecule has 1 spiro atoms. The minimum absolute atomic E-state index is 0.0436. The van der Waals surface area contributed by atoms with Crippen molar-refractivity contribution in [2.45, 2.75) is 37.7 Å². The van der Waals surface area contributed by atoms with Crippen LogP contribution in [0, 0.1) is 0 Å². The Morgan fingerprint density at radius 2 is 1.82 bits per heavy atom. The summed E-state index contributed by atoms with van der Waals surface area (Å²) in [5.74, 6) is 2.07. The molecule has 4 aromatic rings. The highest BCUT2D eigenvalue weighted by Crippen LogP contribution is 2.43. The highest BCUT2D eigenvalue weighted by atomic mass is 16.5. The van der Waals surface area contributed by atoms with Crippen molar-refractivity contribution in [3.8, 4) is 22.6 Å². The lowest BCUT2D eigenvalue weighted by Crippen LogP contribution is -2.29. The van der Waals surface area contributed by atoms with Crippen LogP contribution >= 0.6 is 0 Å². The Hall–Kier alpha value is -3.64. The van der Waals surface area contributed by atoms with Crippen LogP contribution in [0.4, 0.5) is 5.82 Å². The molecule has 166 valence electrons. The number of para-hydroxylation sites is 1. The number of nitrogens with two attached hydrogens (primary N) is 1. The van der Waals surface area contributed by atoms with Crippen LogP contribution in [0.1, 0.15) is 37.8 Å². The van der Waals surface area contributed by atoms with Gasteiger partial charge < -0.3 is 15.2 Å². The zero-order valence-corrected chi connectivity index (χ0v) is 18.4. The molecule has 1 saturated heterocycles. The maximum Gasteiger partial charge on any atom is 0.152 e. The van der Waals surface area contributed by atoms with Crippen molar-refractivity contribution < 1.29 is 9.47 Å². The number of hydrogen-bond acceptors (Lipinski definition) is 5. The fourth-order valence-corrected chi connectivity index (χ4v) is 5.07. The van der Waals surface area contributed by atoms with E-state index in [0.717, 1.165) is 72.5 Å². The summed E-state index contributed by atoms with van der Waals surface area (Å²) >= 11 is 0. The second-order valence-electron chi connectivity index (χ2n) is 8.86. The third-order valence-corrected chi connectivity index (χ3v) is 6.81. The second-order valence-corrected chi connectivity index (χ2v) is 8.86. The summed E-state index contributed by atoms with van der Waals surface area (Å²) in [6.07, 6.45) is 9.15. The van der Waals surface area contributed by atoms with Crippen LogP contribution in [0.3, 0.4) is 0 Å². The van der Waals surface area contributed by atoms with E-state index in [1.807, 2.05) is 47.0 Å². The first-order valence-electron chi connectivity index (χ1n) is 11.5. The second kappa shape index (κ2) is 8.05. The number of nitrogen functional groups attached to an aromatic ring is 1. The Kier molecular flexibility index (Phi) is 4.88. The number of fused-ring (bicyclic) bond motifs is 1. The first-order valence-corrected chi connectivity index (χ1v) is 11.5. The lowest BCUT2D eigenvalue weighted by molar-refractivity contribution is -0.00162. The van der Waals surface area contributed by atoms with Crippen molar-refractivity contribution in [2.24, 2.45) is 0 Å². The third-order valence-electron chi connectivity index (χ3n) is 6.81. The topological polar surface area (TPSA) is 74.7 Å². The van der Waals surface area contributed by atoms with Crippen LogP contribution in [0.15, 0.2) is 73.1 Å². The number of rotatable bonds is 4. The van der Waals surface area contributed by atoms with Gasteiger partial charge in [0, 0.05) is 12.2 Å². The molecule has 1 unspecified atom stereocenters. The van der Waals surface area contributed by atoms with E-state index in [1.165, 1.54) is 11.9 Å². The van der Waals surface area contributed by atoms with Gasteiger partial charge in [-0.1, -0.05) is 36.4 Å². The molecule has 6 rings (SSSR count). The molecule has 3 heterocycles. The van der Waals surface area contributed by atoms with E-state index in [1.54, 1.807) is 0 Å². The van der Waals surface area contributed by atoms with Gasteiger partial charge in [0.1, 0.15) is 23.3 Å². The van der Waals surface area contributed by atoms with Crippen molar-refractivity contribution >= 4 is 16.9 Å². The van der Waals surface area contributed by atoms with Crippen LogP contribution in [-0.2, 0) is 4.74 Å². The van der Waals surface area contributed by atoms with E-state index in [2.05, 4.69) is 34.4 Å². The largest absolute Gasteiger partial charge is 0.457 e. The van der Waals surface area contributed by atoms with E-state index < -0.39 is 0 Å². The third kappa shape index (κ3) is 3.66. The number of ether oxygens (including phenoxy) is 2. The van der Waals surface area contributed by atoms with E-state index in [0.29, 0.717) is 5.82 Å². The molecule has 2 aromatic heterocycles. The number of anilines is 1. The standard InChI is InChI=1S/C27H26N4O2/c28-26-25-23(19-7-9-22(10-8-19)33-21-5-2-1-3-6-21)17-24(31(25)30-18-29-26)20-11-14-27(15-12-20)13-4-16-32-27/h1-3,5-11,17-18H,4,12-16H2,(H2,28,29,30). The molecule has 1 aliphatic heterocycles. The van der Waals surface area contributed by atoms with Gasteiger partial charge in [0.25, 0.3) is 0 Å². The lowest BCUT2D eigenvalue weighted by atomic mass is 9.82. The smallest absolute Gasteiger partial charge is 0.152 e. The molecular formula is C27H26N4O2. The number of allylic oxidation sites excluding steroid dienone is 1. The van der Waals surface area contributed by atoms with Gasteiger partial charge >= 0.3 is 0 Å². The van der Waals surface area contributed by atoms with Crippen molar-refractivity contribution in [3.63, 3.8) is 0 Å². The summed E-state index contributed by atoms with van der Waals surface area (Å²) in [6, 6.07) is 20.0. The highest BCUT2D eigenvalue weighted by Gasteiger charge is 2.36. The van der Waals surface area contributed by atoms with E-state index in [9.17, 15) is 0 Å². The van der Waals surface area contributed by atoms with Crippen LogP contribution in [0.2, 0.25) is 0 Å². The zero-order chi connectivity index (χ0) is 22.3. The molecule has 0 radical (unpaired) electrons. The van der Waals surface area contributed by atoms with Crippen molar-refractivity contribution in [1.29, 1.82) is 0 Å². The van der Waals surface area contributed by atoms with Gasteiger partial charge in [-0.2, -0.15) is 5.10 Å². The Labute approximate surface area is 192 Å². The Balaban J connectivity index is 1.36. The maximum absolute atomic E-state index is 6.33. The molecule has 1 aliphatic carbocycles. The summed E-state index contributed by atoms with van der Waals surface area (Å²) in [6.45, 7) is 0.884. The SMILES string of the molecule is Nc1ncnn2c(C3=CCC4(CCCO4)CC3)cc(-c3ccc(Oc4ccccc4)cc3)c12. The van der Waals surface area contributed by atoms with E-state index in [4.69, 9.17) is 15.2 Å². The molecule has 1 atom stereocenters. The van der Waals surface area contributed by atoms with Crippen LogP contribution in [-0.4, -0.2) is 26.8 Å². The fraction of sp³-hybridized carbons (Fsp3) is 0.259. The van der Waals surface area contributed by atoms with Crippen molar-refractivity contribution in [1.82, 2.24) is 14.6 Å². The summed E-state index contributed by atoms with van der Waals surface area (Å²) < 4.78 is 14.0. The maximum atomic E-state index is 6.33. The Bertz CT molecular complexity index is 1320. The van der Waals surface area contributed by atoms with Gasteiger partial charge in [0.05, 0.1) is 11.3 Å². The van der Waals surface area contributed by atoms with Crippen molar-refractivity contribution in [3.05, 3.63) is 78.8 Å². The number of aromatic nitrogens is 3.